The molecule has 0 N–H and O–H groups in total. The number of fused-ring (bicyclic) bond motifs is 1. The fourth-order valence-corrected chi connectivity index (χ4v) is 5.03. The summed E-state index contributed by atoms with van der Waals surface area (Å²) >= 11 is 5.86. The second-order valence-corrected chi connectivity index (χ2v) is 9.11. The highest BCUT2D eigenvalue weighted by Gasteiger charge is 2.29. The molecule has 0 aliphatic carbocycles. The lowest BCUT2D eigenvalue weighted by molar-refractivity contribution is 0.386. The minimum absolute atomic E-state index is 0.260. The van der Waals surface area contributed by atoms with E-state index in [4.69, 9.17) is 16.6 Å². The van der Waals surface area contributed by atoms with E-state index in [1.165, 1.54) is 23.6 Å². The number of anilines is 1. The molecule has 2 aliphatic rings. The third-order valence-corrected chi connectivity index (χ3v) is 7.09. The molecule has 0 radical (unpaired) electrons. The molecule has 0 saturated carbocycles. The summed E-state index contributed by atoms with van der Waals surface area (Å²) in [5.74, 6) is 0.775. The van der Waals surface area contributed by atoms with E-state index >= 15 is 0 Å². The average molecular weight is 393 g/mol. The molecule has 1 aromatic carbocycles. The normalized spacial score (nSPS) is 18.6. The molecule has 1 saturated heterocycles. The number of sulfonamides is 1. The number of piperidine rings is 1. The monoisotopic (exact) mass is 392 g/mol. The Morgan fingerprint density at radius 3 is 2.46 bits per heavy atom. The van der Waals surface area contributed by atoms with Gasteiger partial charge in [-0.2, -0.15) is 4.31 Å². The Hall–Kier alpha value is -1.70. The van der Waals surface area contributed by atoms with Crippen LogP contribution in [0.15, 0.2) is 35.4 Å². The van der Waals surface area contributed by atoms with Crippen LogP contribution in [0.25, 0.3) is 0 Å². The van der Waals surface area contributed by atoms with Crippen molar-refractivity contribution in [3.63, 3.8) is 0 Å². The van der Waals surface area contributed by atoms with Crippen molar-refractivity contribution in [3.8, 4) is 0 Å². The lowest BCUT2D eigenvalue weighted by Crippen LogP contribution is -2.37. The van der Waals surface area contributed by atoms with Gasteiger partial charge in [0.2, 0.25) is 16.0 Å². The van der Waals surface area contributed by atoms with Gasteiger partial charge in [0.15, 0.2) is 0 Å². The molecule has 2 aromatic rings. The fourth-order valence-electron chi connectivity index (χ4n) is 3.49. The summed E-state index contributed by atoms with van der Waals surface area (Å²) in [6.45, 7) is 2.72. The Morgan fingerprint density at radius 1 is 1.00 bits per heavy atom. The van der Waals surface area contributed by atoms with E-state index in [2.05, 4.69) is 9.88 Å². The van der Waals surface area contributed by atoms with Crippen LogP contribution in [0.5, 0.6) is 0 Å². The van der Waals surface area contributed by atoms with Crippen molar-refractivity contribution >= 4 is 27.6 Å². The summed E-state index contributed by atoms with van der Waals surface area (Å²) in [4.78, 5) is 11.7. The van der Waals surface area contributed by atoms with Crippen molar-refractivity contribution < 1.29 is 8.42 Å². The van der Waals surface area contributed by atoms with E-state index in [1.807, 2.05) is 0 Å². The number of benzene rings is 1. The first-order valence-electron chi connectivity index (χ1n) is 8.89. The van der Waals surface area contributed by atoms with Gasteiger partial charge in [-0.3, -0.25) is 0 Å². The van der Waals surface area contributed by atoms with Crippen LogP contribution in [0.2, 0.25) is 5.02 Å². The summed E-state index contributed by atoms with van der Waals surface area (Å²) in [6, 6.07) is 6.28. The SMILES string of the molecule is O=S(=O)(c1ccc(Cl)cc1)N1CCc2nc(N3CCCCC3)ncc2C1. The maximum Gasteiger partial charge on any atom is 0.243 e. The molecular weight excluding hydrogens is 372 g/mol. The smallest absolute Gasteiger partial charge is 0.243 e. The summed E-state index contributed by atoms with van der Waals surface area (Å²) in [7, 11) is -3.54. The van der Waals surface area contributed by atoms with Crippen molar-refractivity contribution in [2.24, 2.45) is 0 Å². The zero-order valence-electron chi connectivity index (χ0n) is 14.4. The van der Waals surface area contributed by atoms with Crippen molar-refractivity contribution in [1.29, 1.82) is 0 Å². The maximum atomic E-state index is 12.9. The molecule has 0 bridgehead atoms. The molecule has 4 rings (SSSR count). The number of aromatic nitrogens is 2. The molecule has 3 heterocycles. The second kappa shape index (κ2) is 7.13. The molecule has 1 fully saturated rings. The van der Waals surface area contributed by atoms with Crippen LogP contribution < -0.4 is 4.90 Å². The standard InChI is InChI=1S/C18H21ClN4O2S/c19-15-4-6-16(7-5-15)26(24,25)23-11-8-17-14(13-23)12-20-18(21-17)22-9-2-1-3-10-22/h4-7,12H,1-3,8-11,13H2. The van der Waals surface area contributed by atoms with Gasteiger partial charge in [-0.25, -0.2) is 18.4 Å². The molecule has 26 heavy (non-hydrogen) atoms. The third kappa shape index (κ3) is 3.43. The van der Waals surface area contributed by atoms with Gasteiger partial charge in [0.05, 0.1) is 10.6 Å². The first-order chi connectivity index (χ1) is 12.5. The fraction of sp³-hybridized carbons (Fsp3) is 0.444. The van der Waals surface area contributed by atoms with E-state index in [0.717, 1.165) is 30.3 Å². The average Bonchev–Trinajstić information content (AvgIpc) is 2.68. The second-order valence-electron chi connectivity index (χ2n) is 6.73. The van der Waals surface area contributed by atoms with Gasteiger partial charge in [-0.05, 0) is 43.5 Å². The largest absolute Gasteiger partial charge is 0.341 e. The molecule has 8 heteroatoms. The molecule has 1 aromatic heterocycles. The van der Waals surface area contributed by atoms with Crippen molar-refractivity contribution in [1.82, 2.24) is 14.3 Å². The lowest BCUT2D eigenvalue weighted by Gasteiger charge is -2.30. The van der Waals surface area contributed by atoms with Crippen LogP contribution >= 0.6 is 11.6 Å². The molecular formula is C18H21ClN4O2S. The summed E-state index contributed by atoms with van der Waals surface area (Å²) in [5.41, 5.74) is 1.85. The highest BCUT2D eigenvalue weighted by Crippen LogP contribution is 2.26. The van der Waals surface area contributed by atoms with Crippen LogP contribution in [0, 0.1) is 0 Å². The van der Waals surface area contributed by atoms with E-state index in [9.17, 15) is 8.42 Å². The van der Waals surface area contributed by atoms with Gasteiger partial charge in [0.25, 0.3) is 0 Å². The highest BCUT2D eigenvalue weighted by atomic mass is 35.5. The van der Waals surface area contributed by atoms with E-state index < -0.39 is 10.0 Å². The van der Waals surface area contributed by atoms with Crippen LogP contribution in [0.1, 0.15) is 30.5 Å². The van der Waals surface area contributed by atoms with E-state index in [-0.39, 0.29) is 4.90 Å². The zero-order chi connectivity index (χ0) is 18.1. The first-order valence-corrected chi connectivity index (χ1v) is 10.7. The summed E-state index contributed by atoms with van der Waals surface area (Å²) in [6.07, 6.45) is 6.00. The first kappa shape index (κ1) is 17.7. The Balaban J connectivity index is 1.55. The lowest BCUT2D eigenvalue weighted by atomic mass is 10.1. The van der Waals surface area contributed by atoms with E-state index in [1.54, 1.807) is 30.5 Å². The number of rotatable bonds is 3. The third-order valence-electron chi connectivity index (χ3n) is 4.98. The molecule has 2 aliphatic heterocycles. The zero-order valence-corrected chi connectivity index (χ0v) is 16.0. The molecule has 0 atom stereocenters. The van der Waals surface area contributed by atoms with Crippen molar-refractivity contribution in [2.45, 2.75) is 37.1 Å². The topological polar surface area (TPSA) is 66.4 Å². The molecule has 138 valence electrons. The minimum Gasteiger partial charge on any atom is -0.341 e. The number of halogens is 1. The van der Waals surface area contributed by atoms with E-state index in [0.29, 0.717) is 24.5 Å². The number of hydrogen-bond donors (Lipinski definition) is 0. The van der Waals surface area contributed by atoms with Crippen molar-refractivity contribution in [2.75, 3.05) is 24.5 Å². The molecule has 0 amide bonds. The number of hydrogen-bond acceptors (Lipinski definition) is 5. The minimum atomic E-state index is -3.54. The Morgan fingerprint density at radius 2 is 1.73 bits per heavy atom. The van der Waals surface area contributed by atoms with Crippen LogP contribution in [0.4, 0.5) is 5.95 Å². The van der Waals surface area contributed by atoms with Crippen molar-refractivity contribution in [3.05, 3.63) is 46.7 Å². The quantitative estimate of drug-likeness (QED) is 0.803. The van der Waals surface area contributed by atoms with Crippen LogP contribution in [-0.4, -0.2) is 42.3 Å². The predicted molar refractivity (Wildman–Crippen MR) is 101 cm³/mol. The highest BCUT2D eigenvalue weighted by molar-refractivity contribution is 7.89. The predicted octanol–water partition coefficient (Wildman–Crippen LogP) is 2.87. The number of nitrogens with zero attached hydrogens (tertiary/aromatic N) is 4. The molecule has 6 nitrogen and oxygen atoms in total. The van der Waals surface area contributed by atoms with Gasteiger partial charge in [-0.15, -0.1) is 0 Å². The van der Waals surface area contributed by atoms with Gasteiger partial charge < -0.3 is 4.90 Å². The Kier molecular flexibility index (Phi) is 4.86. The Labute approximate surface area is 158 Å². The molecule has 0 unspecified atom stereocenters. The Bertz CT molecular complexity index is 896. The summed E-state index contributed by atoms with van der Waals surface area (Å²) in [5, 5.41) is 0.520. The maximum absolute atomic E-state index is 12.9. The van der Waals surface area contributed by atoms with Gasteiger partial charge >= 0.3 is 0 Å². The van der Waals surface area contributed by atoms with Gasteiger partial charge in [0.1, 0.15) is 0 Å². The van der Waals surface area contributed by atoms with Gasteiger partial charge in [0, 0.05) is 49.4 Å². The summed E-state index contributed by atoms with van der Waals surface area (Å²) < 4.78 is 27.2. The van der Waals surface area contributed by atoms with Gasteiger partial charge in [-0.1, -0.05) is 11.6 Å². The van der Waals surface area contributed by atoms with Crippen LogP contribution in [0.3, 0.4) is 0 Å². The van der Waals surface area contributed by atoms with Crippen LogP contribution in [-0.2, 0) is 23.0 Å². The molecule has 0 spiro atoms.